The van der Waals surface area contributed by atoms with Gasteiger partial charge in [0.1, 0.15) is 0 Å². The molecule has 0 fully saturated rings. The molecule has 0 bridgehead atoms. The molecule has 29 heavy (non-hydrogen) atoms. The van der Waals surface area contributed by atoms with Gasteiger partial charge in [0.25, 0.3) is 5.91 Å². The smallest absolute Gasteiger partial charge is 0.250 e. The summed E-state index contributed by atoms with van der Waals surface area (Å²) in [5, 5.41) is 4.71. The first-order chi connectivity index (χ1) is 13.8. The minimum Gasteiger partial charge on any atom is -0.318 e. The Kier molecular flexibility index (Phi) is 6.87. The number of benzene rings is 1. The van der Waals surface area contributed by atoms with Crippen LogP contribution in [0.4, 0.5) is 0 Å². The number of aromatic nitrogens is 3. The number of hydrogen-bond acceptors (Lipinski definition) is 5. The maximum Gasteiger partial charge on any atom is 0.250 e. The summed E-state index contributed by atoms with van der Waals surface area (Å²) in [7, 11) is 0. The molecule has 2 heterocycles. The van der Waals surface area contributed by atoms with Crippen molar-refractivity contribution < 1.29 is 4.79 Å². The SMILES string of the molecule is Cc1cc(C)nc(SCC(=O)N/N=C\c2cc(C)n(-c3cccc(Br)c3)c2C)n1. The van der Waals surface area contributed by atoms with Gasteiger partial charge in [0.2, 0.25) is 0 Å². The van der Waals surface area contributed by atoms with Gasteiger partial charge in [-0.15, -0.1) is 0 Å². The van der Waals surface area contributed by atoms with Crippen molar-refractivity contribution in [3.63, 3.8) is 0 Å². The van der Waals surface area contributed by atoms with Crippen LogP contribution < -0.4 is 5.43 Å². The molecule has 3 aromatic rings. The Balaban J connectivity index is 1.63. The molecule has 3 rings (SSSR count). The third-order valence-corrected chi connectivity index (χ3v) is 5.56. The summed E-state index contributed by atoms with van der Waals surface area (Å²) in [6.45, 7) is 7.90. The molecule has 1 amide bonds. The fourth-order valence-electron chi connectivity index (χ4n) is 3.03. The molecule has 0 saturated carbocycles. The van der Waals surface area contributed by atoms with E-state index >= 15 is 0 Å². The Morgan fingerprint density at radius 2 is 1.90 bits per heavy atom. The largest absolute Gasteiger partial charge is 0.318 e. The van der Waals surface area contributed by atoms with Gasteiger partial charge >= 0.3 is 0 Å². The van der Waals surface area contributed by atoms with E-state index in [-0.39, 0.29) is 11.7 Å². The number of carbonyl (C=O) groups excluding carboxylic acids is 1. The Morgan fingerprint density at radius 1 is 1.17 bits per heavy atom. The summed E-state index contributed by atoms with van der Waals surface area (Å²) in [6, 6.07) is 12.1. The summed E-state index contributed by atoms with van der Waals surface area (Å²) in [5.41, 5.74) is 8.52. The molecule has 0 spiro atoms. The molecule has 0 aliphatic carbocycles. The maximum atomic E-state index is 12.1. The molecule has 0 atom stereocenters. The summed E-state index contributed by atoms with van der Waals surface area (Å²) < 4.78 is 3.18. The lowest BCUT2D eigenvalue weighted by atomic mass is 10.2. The monoisotopic (exact) mass is 471 g/mol. The highest BCUT2D eigenvalue weighted by molar-refractivity contribution is 9.10. The van der Waals surface area contributed by atoms with E-state index in [4.69, 9.17) is 0 Å². The Bertz CT molecular complexity index is 1060. The molecule has 150 valence electrons. The summed E-state index contributed by atoms with van der Waals surface area (Å²) >= 11 is 4.81. The lowest BCUT2D eigenvalue weighted by Gasteiger charge is -2.09. The first-order valence-corrected chi connectivity index (χ1v) is 10.8. The van der Waals surface area contributed by atoms with E-state index in [1.165, 1.54) is 11.8 Å². The van der Waals surface area contributed by atoms with Gasteiger partial charge in [0.15, 0.2) is 5.16 Å². The van der Waals surface area contributed by atoms with E-state index in [1.54, 1.807) is 6.21 Å². The third kappa shape index (κ3) is 5.55. The second-order valence-corrected chi connectivity index (χ2v) is 8.52. The second-order valence-electron chi connectivity index (χ2n) is 6.66. The Labute approximate surface area is 183 Å². The van der Waals surface area contributed by atoms with E-state index < -0.39 is 0 Å². The molecular weight excluding hydrogens is 450 g/mol. The van der Waals surface area contributed by atoms with E-state index in [9.17, 15) is 4.79 Å². The number of halogens is 1. The Hall–Kier alpha value is -2.45. The third-order valence-electron chi connectivity index (χ3n) is 4.22. The quantitative estimate of drug-likeness (QED) is 0.248. The molecule has 1 N–H and O–H groups in total. The zero-order valence-electron chi connectivity index (χ0n) is 16.7. The van der Waals surface area contributed by atoms with Gasteiger partial charge in [0.05, 0.1) is 12.0 Å². The fraction of sp³-hybridized carbons (Fsp3) is 0.238. The van der Waals surface area contributed by atoms with Crippen molar-refractivity contribution in [2.45, 2.75) is 32.9 Å². The van der Waals surface area contributed by atoms with Gasteiger partial charge in [-0.05, 0) is 58.0 Å². The molecule has 0 aliphatic rings. The van der Waals surface area contributed by atoms with Crippen molar-refractivity contribution in [3.8, 4) is 5.69 Å². The van der Waals surface area contributed by atoms with Gasteiger partial charge in [-0.1, -0.05) is 33.8 Å². The van der Waals surface area contributed by atoms with Crippen LogP contribution in [0.1, 0.15) is 28.3 Å². The molecule has 8 heteroatoms. The number of amides is 1. The van der Waals surface area contributed by atoms with Crippen molar-refractivity contribution in [3.05, 3.63) is 69.2 Å². The van der Waals surface area contributed by atoms with Crippen molar-refractivity contribution in [2.24, 2.45) is 5.10 Å². The molecular formula is C21H22BrN5OS. The predicted octanol–water partition coefficient (Wildman–Crippen LogP) is 4.51. The molecule has 6 nitrogen and oxygen atoms in total. The summed E-state index contributed by atoms with van der Waals surface area (Å²) in [6.07, 6.45) is 1.67. The van der Waals surface area contributed by atoms with Crippen LogP contribution in [-0.2, 0) is 4.79 Å². The highest BCUT2D eigenvalue weighted by Crippen LogP contribution is 2.22. The number of carbonyl (C=O) groups is 1. The standard InChI is InChI=1S/C21H22BrN5OS/c1-13-8-14(2)25-21(24-13)29-12-20(28)26-23-11-17-9-15(3)27(16(17)4)19-7-5-6-18(22)10-19/h5-11H,12H2,1-4H3,(H,26,28)/b23-11-. The second kappa shape index (κ2) is 9.37. The van der Waals surface area contributed by atoms with Crippen molar-refractivity contribution in [2.75, 3.05) is 5.75 Å². The maximum absolute atomic E-state index is 12.1. The first-order valence-electron chi connectivity index (χ1n) is 9.05. The van der Waals surface area contributed by atoms with Crippen molar-refractivity contribution >= 4 is 39.8 Å². The first kappa shape index (κ1) is 21.3. The number of nitrogens with one attached hydrogen (secondary N) is 1. The van der Waals surface area contributed by atoms with Gasteiger partial charge in [-0.3, -0.25) is 4.79 Å². The minimum atomic E-state index is -0.199. The fourth-order valence-corrected chi connectivity index (χ4v) is 4.15. The number of thioether (sulfide) groups is 1. The van der Waals surface area contributed by atoms with Crippen molar-refractivity contribution in [1.29, 1.82) is 0 Å². The topological polar surface area (TPSA) is 72.2 Å². The minimum absolute atomic E-state index is 0.199. The predicted molar refractivity (Wildman–Crippen MR) is 121 cm³/mol. The van der Waals surface area contributed by atoms with E-state index in [2.05, 4.69) is 53.1 Å². The van der Waals surface area contributed by atoms with E-state index in [1.807, 2.05) is 52.0 Å². The molecule has 1 aromatic carbocycles. The van der Waals surface area contributed by atoms with E-state index in [0.717, 1.165) is 38.5 Å². The normalized spacial score (nSPS) is 11.2. The van der Waals surface area contributed by atoms with Crippen LogP contribution in [0, 0.1) is 27.7 Å². The van der Waals surface area contributed by atoms with Gasteiger partial charge < -0.3 is 4.57 Å². The lowest BCUT2D eigenvalue weighted by molar-refractivity contribution is -0.118. The lowest BCUT2D eigenvalue weighted by Crippen LogP contribution is -2.19. The molecule has 0 saturated heterocycles. The number of hydrazone groups is 1. The highest BCUT2D eigenvalue weighted by Gasteiger charge is 2.10. The number of hydrogen-bond donors (Lipinski definition) is 1. The highest BCUT2D eigenvalue weighted by atomic mass is 79.9. The van der Waals surface area contributed by atoms with E-state index in [0.29, 0.717) is 5.16 Å². The molecule has 0 radical (unpaired) electrons. The zero-order valence-corrected chi connectivity index (χ0v) is 19.1. The van der Waals surface area contributed by atoms with Gasteiger partial charge in [-0.25, -0.2) is 15.4 Å². The number of rotatable bonds is 6. The average Bonchev–Trinajstić information content (AvgIpc) is 2.93. The summed E-state index contributed by atoms with van der Waals surface area (Å²) in [4.78, 5) is 20.7. The van der Waals surface area contributed by atoms with Gasteiger partial charge in [0, 0.05) is 38.5 Å². The number of nitrogens with zero attached hydrogens (tertiary/aromatic N) is 4. The summed E-state index contributed by atoms with van der Waals surface area (Å²) in [5.74, 6) is 0.00640. The van der Waals surface area contributed by atoms with Crippen LogP contribution in [0.5, 0.6) is 0 Å². The average molecular weight is 472 g/mol. The number of aryl methyl sites for hydroxylation is 3. The van der Waals surface area contributed by atoms with Crippen LogP contribution in [0.3, 0.4) is 0 Å². The molecule has 2 aromatic heterocycles. The van der Waals surface area contributed by atoms with Gasteiger partial charge in [-0.2, -0.15) is 5.10 Å². The van der Waals surface area contributed by atoms with Crippen LogP contribution in [0.25, 0.3) is 5.69 Å². The zero-order chi connectivity index (χ0) is 21.0. The van der Waals surface area contributed by atoms with Crippen molar-refractivity contribution in [1.82, 2.24) is 20.0 Å². The van der Waals surface area contributed by atoms with Crippen LogP contribution in [0.2, 0.25) is 0 Å². The Morgan fingerprint density at radius 3 is 2.59 bits per heavy atom. The van der Waals surface area contributed by atoms with Crippen LogP contribution in [0.15, 0.2) is 51.1 Å². The van der Waals surface area contributed by atoms with Crippen LogP contribution in [-0.4, -0.2) is 32.4 Å². The molecule has 0 unspecified atom stereocenters. The molecule has 0 aliphatic heterocycles. The van der Waals surface area contributed by atoms with Crippen LogP contribution >= 0.6 is 27.7 Å².